The maximum atomic E-state index is 13.7. The number of nitrogens with one attached hydrogen (secondary N) is 1. The molecule has 6 rings (SSSR count). The van der Waals surface area contributed by atoms with Crippen LogP contribution in [0.5, 0.6) is 5.88 Å². The molecule has 0 radical (unpaired) electrons. The number of rotatable bonds is 8. The number of amides is 1. The van der Waals surface area contributed by atoms with Crippen molar-refractivity contribution < 1.29 is 9.90 Å². The average Bonchev–Trinajstić information content (AvgIpc) is 3.45. The number of likely N-dealkylation sites (N-methyl/N-ethyl adjacent to an activating group) is 1. The van der Waals surface area contributed by atoms with Crippen molar-refractivity contribution in [3.63, 3.8) is 0 Å². The molecule has 0 atom stereocenters. The monoisotopic (exact) mass is 507 g/mol. The van der Waals surface area contributed by atoms with Crippen LogP contribution in [0.4, 0.5) is 0 Å². The Labute approximate surface area is 225 Å². The Morgan fingerprint density at radius 3 is 2.21 bits per heavy atom. The second-order valence-electron chi connectivity index (χ2n) is 10.8. The number of aromatic nitrogens is 1. The maximum Gasteiger partial charge on any atom is 0.235 e. The maximum absolute atomic E-state index is 13.7. The van der Waals surface area contributed by atoms with Crippen LogP contribution in [0, 0.1) is 0 Å². The van der Waals surface area contributed by atoms with Crippen LogP contribution < -0.4 is 5.32 Å². The minimum atomic E-state index is -0.621. The molecule has 0 spiro atoms. The smallest absolute Gasteiger partial charge is 0.235 e. The van der Waals surface area contributed by atoms with Crippen LogP contribution in [0.15, 0.2) is 79.0 Å². The first-order valence-electron chi connectivity index (χ1n) is 14.1. The molecule has 1 aliphatic heterocycles. The van der Waals surface area contributed by atoms with Crippen LogP contribution >= 0.6 is 0 Å². The predicted octanol–water partition coefficient (Wildman–Crippen LogP) is 6.26. The van der Waals surface area contributed by atoms with Crippen molar-refractivity contribution in [1.82, 2.24) is 14.8 Å². The molecule has 0 saturated carbocycles. The summed E-state index contributed by atoms with van der Waals surface area (Å²) in [5.74, 6) is 0.518. The van der Waals surface area contributed by atoms with Gasteiger partial charge in [-0.2, -0.15) is 0 Å². The van der Waals surface area contributed by atoms with E-state index in [1.54, 1.807) is 0 Å². The molecule has 196 valence electrons. The van der Waals surface area contributed by atoms with E-state index in [0.717, 1.165) is 73.6 Å². The third kappa shape index (κ3) is 4.10. The van der Waals surface area contributed by atoms with E-state index in [2.05, 4.69) is 75.6 Å². The lowest BCUT2D eigenvalue weighted by atomic mass is 9.73. The van der Waals surface area contributed by atoms with Gasteiger partial charge in [0.05, 0.1) is 0 Å². The Bertz CT molecular complexity index is 1400. The molecule has 1 fully saturated rings. The molecule has 4 aromatic rings. The Morgan fingerprint density at radius 1 is 0.921 bits per heavy atom. The molecule has 2 aliphatic rings. The normalized spacial score (nSPS) is 16.9. The molecule has 2 N–H and O–H groups in total. The van der Waals surface area contributed by atoms with Gasteiger partial charge in [-0.05, 0) is 67.5 Å². The van der Waals surface area contributed by atoms with Crippen LogP contribution in [0.1, 0.15) is 56.2 Å². The second-order valence-corrected chi connectivity index (χ2v) is 10.8. The quantitative estimate of drug-likeness (QED) is 0.277. The zero-order valence-corrected chi connectivity index (χ0v) is 22.2. The summed E-state index contributed by atoms with van der Waals surface area (Å²) in [5, 5.41) is 15.9. The van der Waals surface area contributed by atoms with E-state index in [-0.39, 0.29) is 5.91 Å². The molecule has 3 aromatic carbocycles. The topological polar surface area (TPSA) is 57.5 Å². The van der Waals surface area contributed by atoms with E-state index in [9.17, 15) is 9.90 Å². The number of aromatic hydroxyl groups is 1. The lowest BCUT2D eigenvalue weighted by molar-refractivity contribution is -0.125. The average molecular weight is 508 g/mol. The Balaban J connectivity index is 1.11. The van der Waals surface area contributed by atoms with Gasteiger partial charge in [0.25, 0.3) is 0 Å². The van der Waals surface area contributed by atoms with Gasteiger partial charge in [-0.25, -0.2) is 0 Å². The molecule has 1 amide bonds. The summed E-state index contributed by atoms with van der Waals surface area (Å²) < 4.78 is 2.08. The van der Waals surface area contributed by atoms with Gasteiger partial charge in [-0.15, -0.1) is 0 Å². The van der Waals surface area contributed by atoms with E-state index in [0.29, 0.717) is 18.5 Å². The first-order chi connectivity index (χ1) is 18.6. The summed E-state index contributed by atoms with van der Waals surface area (Å²) in [7, 11) is 0. The van der Waals surface area contributed by atoms with Gasteiger partial charge in [-0.1, -0.05) is 73.2 Å². The van der Waals surface area contributed by atoms with E-state index in [1.807, 2.05) is 25.1 Å². The van der Waals surface area contributed by atoms with Crippen LogP contribution in [0.2, 0.25) is 0 Å². The summed E-state index contributed by atoms with van der Waals surface area (Å²) in [6, 6.07) is 25.3. The molecule has 1 saturated heterocycles. The van der Waals surface area contributed by atoms with E-state index < -0.39 is 5.41 Å². The highest BCUT2D eigenvalue weighted by molar-refractivity contribution is 6.00. The second kappa shape index (κ2) is 10.3. The van der Waals surface area contributed by atoms with Crippen molar-refractivity contribution in [2.45, 2.75) is 50.5 Å². The molecule has 0 bridgehead atoms. The molecular formula is C33H37N3O2. The number of unbranched alkanes of at least 4 members (excludes halogenated alkanes) is 1. The molecule has 1 aliphatic carbocycles. The molecule has 0 unspecified atom stereocenters. The zero-order valence-electron chi connectivity index (χ0n) is 22.2. The molecule has 5 nitrogen and oxygen atoms in total. The fourth-order valence-electron chi connectivity index (χ4n) is 6.85. The lowest BCUT2D eigenvalue weighted by Crippen LogP contribution is -2.44. The van der Waals surface area contributed by atoms with E-state index in [4.69, 9.17) is 0 Å². The Kier molecular flexibility index (Phi) is 6.71. The number of hydrogen-bond acceptors (Lipinski definition) is 3. The first kappa shape index (κ1) is 24.7. The van der Waals surface area contributed by atoms with Crippen molar-refractivity contribution in [3.05, 3.63) is 90.1 Å². The molecular weight excluding hydrogens is 470 g/mol. The van der Waals surface area contributed by atoms with Crippen molar-refractivity contribution in [2.24, 2.45) is 0 Å². The third-order valence-corrected chi connectivity index (χ3v) is 8.74. The highest BCUT2D eigenvalue weighted by Gasteiger charge is 2.48. The van der Waals surface area contributed by atoms with Gasteiger partial charge in [0, 0.05) is 42.6 Å². The Morgan fingerprint density at radius 2 is 1.55 bits per heavy atom. The summed E-state index contributed by atoms with van der Waals surface area (Å²) in [6.07, 6.45) is 7.05. The minimum absolute atomic E-state index is 0.122. The third-order valence-electron chi connectivity index (χ3n) is 8.74. The standard InChI is InChI=1S/C33H37N3O2/c1-2-34-32(38)33(29-15-7-5-13-27(29)28-14-6-8-16-30(28)33)19-9-10-20-35-21-17-25(18-22-35)36-23-24-11-3-4-12-26(24)31(36)37/h3-8,11-16,23,25,37H,2,9-10,17-22H2,1H3,(H,34,38). The fraction of sp³-hybridized carbons (Fsp3) is 0.364. The SMILES string of the molecule is CCNC(=O)C1(CCCCN2CCC(n3cc4ccccc4c3O)CC2)c2ccccc2-c2ccccc21. The number of carbonyl (C=O) groups is 1. The summed E-state index contributed by atoms with van der Waals surface area (Å²) in [5.41, 5.74) is 4.05. The van der Waals surface area contributed by atoms with Gasteiger partial charge in [-0.3, -0.25) is 4.79 Å². The highest BCUT2D eigenvalue weighted by atomic mass is 16.3. The highest BCUT2D eigenvalue weighted by Crippen LogP contribution is 2.51. The summed E-state index contributed by atoms with van der Waals surface area (Å²) >= 11 is 0. The van der Waals surface area contributed by atoms with Crippen molar-refractivity contribution >= 4 is 16.7 Å². The summed E-state index contributed by atoms with van der Waals surface area (Å²) in [4.78, 5) is 16.3. The summed E-state index contributed by atoms with van der Waals surface area (Å²) in [6.45, 7) is 5.74. The number of fused-ring (bicyclic) bond motifs is 4. The van der Waals surface area contributed by atoms with Crippen LogP contribution in [0.3, 0.4) is 0 Å². The molecule has 5 heteroatoms. The fourth-order valence-corrected chi connectivity index (χ4v) is 6.85. The predicted molar refractivity (Wildman–Crippen MR) is 154 cm³/mol. The molecule has 2 heterocycles. The van der Waals surface area contributed by atoms with Gasteiger partial charge in [0.1, 0.15) is 5.41 Å². The first-order valence-corrected chi connectivity index (χ1v) is 14.1. The molecule has 38 heavy (non-hydrogen) atoms. The number of hydrogen-bond donors (Lipinski definition) is 2. The van der Waals surface area contributed by atoms with Gasteiger partial charge < -0.3 is 19.9 Å². The Hall–Kier alpha value is -3.57. The lowest BCUT2D eigenvalue weighted by Gasteiger charge is -2.34. The largest absolute Gasteiger partial charge is 0.494 e. The number of benzene rings is 3. The number of nitrogens with zero attached hydrogens (tertiary/aromatic N) is 2. The van der Waals surface area contributed by atoms with Crippen LogP contribution in [0.25, 0.3) is 21.9 Å². The van der Waals surface area contributed by atoms with Crippen molar-refractivity contribution in [1.29, 1.82) is 0 Å². The number of carbonyl (C=O) groups excluding carboxylic acids is 1. The number of piperidine rings is 1. The van der Waals surface area contributed by atoms with Crippen LogP contribution in [-0.4, -0.2) is 46.7 Å². The van der Waals surface area contributed by atoms with Crippen LogP contribution in [-0.2, 0) is 10.2 Å². The number of likely N-dealkylation sites (tertiary alicyclic amines) is 1. The van der Waals surface area contributed by atoms with Crippen molar-refractivity contribution in [2.75, 3.05) is 26.2 Å². The molecule has 1 aromatic heterocycles. The van der Waals surface area contributed by atoms with E-state index >= 15 is 0 Å². The minimum Gasteiger partial charge on any atom is -0.494 e. The van der Waals surface area contributed by atoms with E-state index in [1.165, 1.54) is 11.1 Å². The zero-order chi connectivity index (χ0) is 26.1. The van der Waals surface area contributed by atoms with Gasteiger partial charge >= 0.3 is 0 Å². The van der Waals surface area contributed by atoms with Gasteiger partial charge in [0.2, 0.25) is 5.91 Å². The van der Waals surface area contributed by atoms with Gasteiger partial charge in [0.15, 0.2) is 5.88 Å². The van der Waals surface area contributed by atoms with Crippen molar-refractivity contribution in [3.8, 4) is 17.0 Å².